The molecule has 1 unspecified atom stereocenters. The van der Waals surface area contributed by atoms with Crippen LogP contribution < -0.4 is 0 Å². The van der Waals surface area contributed by atoms with Crippen LogP contribution in [-0.4, -0.2) is 25.8 Å². The van der Waals surface area contributed by atoms with Crippen molar-refractivity contribution in [3.05, 3.63) is 67.1 Å². The van der Waals surface area contributed by atoms with E-state index < -0.39 is 11.2 Å². The number of fused-ring (bicyclic) bond motifs is 5. The fourth-order valence-corrected chi connectivity index (χ4v) is 4.39. The molecular formula is C21H15N3OS. The van der Waals surface area contributed by atoms with E-state index in [9.17, 15) is 4.55 Å². The maximum absolute atomic E-state index is 12.3. The summed E-state index contributed by atoms with van der Waals surface area (Å²) in [4.78, 5) is 13.2. The van der Waals surface area contributed by atoms with Crippen LogP contribution in [0.1, 0.15) is 0 Å². The van der Waals surface area contributed by atoms with Crippen LogP contribution in [0.5, 0.6) is 0 Å². The van der Waals surface area contributed by atoms with Gasteiger partial charge in [0.15, 0.2) is 4.90 Å². The van der Waals surface area contributed by atoms with E-state index in [0.29, 0.717) is 0 Å². The maximum Gasteiger partial charge on any atom is 0.160 e. The van der Waals surface area contributed by atoms with Gasteiger partial charge in [0, 0.05) is 40.4 Å². The number of hydrogen-bond donors (Lipinski definition) is 1. The Morgan fingerprint density at radius 3 is 2.69 bits per heavy atom. The minimum absolute atomic E-state index is 0.825. The van der Waals surface area contributed by atoms with Crippen LogP contribution in [0.2, 0.25) is 0 Å². The Hall–Kier alpha value is -2.89. The molecule has 5 heteroatoms. The second-order valence-electron chi connectivity index (χ2n) is 6.24. The number of H-pyrrole nitrogens is 1. The van der Waals surface area contributed by atoms with Gasteiger partial charge in [-0.2, -0.15) is 0 Å². The van der Waals surface area contributed by atoms with E-state index in [-0.39, 0.29) is 0 Å². The van der Waals surface area contributed by atoms with Gasteiger partial charge in [-0.1, -0.05) is 12.1 Å². The van der Waals surface area contributed by atoms with E-state index in [4.69, 9.17) is 0 Å². The monoisotopic (exact) mass is 357 g/mol. The van der Waals surface area contributed by atoms with Gasteiger partial charge in [0.05, 0.1) is 11.0 Å². The predicted octanol–water partition coefficient (Wildman–Crippen LogP) is 4.67. The SMILES string of the molecule is C[S+]([O-])c1ccccc1-c1cc2[nH]c3cccnc3c2c2ccncc12. The standard InChI is InChI=1S/C21H15N3OS/c1-26(25)19-7-3-2-5-13(19)15-11-18-20(14-8-10-22-12-16(14)15)21-17(24-18)6-4-9-23-21/h2-12,24H,1H3. The van der Waals surface area contributed by atoms with Gasteiger partial charge in [-0.25, -0.2) is 0 Å². The number of pyridine rings is 2. The number of aromatic amines is 1. The van der Waals surface area contributed by atoms with Crippen LogP contribution in [0.25, 0.3) is 43.8 Å². The number of nitrogens with one attached hydrogen (secondary N) is 1. The fraction of sp³-hybridized carbons (Fsp3) is 0.0476. The molecule has 5 rings (SSSR count). The molecule has 126 valence electrons. The molecule has 0 aliphatic rings. The van der Waals surface area contributed by atoms with Crippen LogP contribution in [0.4, 0.5) is 0 Å². The first-order valence-corrected chi connectivity index (χ1v) is 9.86. The average molecular weight is 357 g/mol. The van der Waals surface area contributed by atoms with E-state index in [1.807, 2.05) is 54.9 Å². The first-order valence-electron chi connectivity index (χ1n) is 8.30. The van der Waals surface area contributed by atoms with Crippen molar-refractivity contribution in [3.8, 4) is 11.1 Å². The van der Waals surface area contributed by atoms with E-state index in [0.717, 1.165) is 48.7 Å². The highest BCUT2D eigenvalue weighted by atomic mass is 32.2. The Balaban J connectivity index is 1.97. The van der Waals surface area contributed by atoms with E-state index in [1.165, 1.54) is 0 Å². The van der Waals surface area contributed by atoms with Gasteiger partial charge in [0.25, 0.3) is 0 Å². The number of rotatable bonds is 2. The predicted molar refractivity (Wildman–Crippen MR) is 107 cm³/mol. The lowest BCUT2D eigenvalue weighted by Gasteiger charge is -2.13. The van der Waals surface area contributed by atoms with Crippen molar-refractivity contribution in [2.45, 2.75) is 4.90 Å². The zero-order valence-corrected chi connectivity index (χ0v) is 14.9. The Morgan fingerprint density at radius 1 is 0.923 bits per heavy atom. The van der Waals surface area contributed by atoms with Crippen molar-refractivity contribution < 1.29 is 4.55 Å². The third kappa shape index (κ3) is 2.21. The van der Waals surface area contributed by atoms with E-state index >= 15 is 0 Å². The summed E-state index contributed by atoms with van der Waals surface area (Å²) < 4.78 is 12.3. The zero-order chi connectivity index (χ0) is 17.7. The molecule has 0 spiro atoms. The topological polar surface area (TPSA) is 64.6 Å². The fourth-order valence-electron chi connectivity index (χ4n) is 3.63. The third-order valence-electron chi connectivity index (χ3n) is 4.74. The molecule has 0 bridgehead atoms. The van der Waals surface area contributed by atoms with Crippen molar-refractivity contribution in [3.63, 3.8) is 0 Å². The van der Waals surface area contributed by atoms with Crippen molar-refractivity contribution >= 4 is 43.9 Å². The van der Waals surface area contributed by atoms with Crippen molar-refractivity contribution in [1.29, 1.82) is 0 Å². The second-order valence-corrected chi connectivity index (χ2v) is 7.59. The molecule has 2 aromatic carbocycles. The smallest absolute Gasteiger partial charge is 0.160 e. The summed E-state index contributed by atoms with van der Waals surface area (Å²) in [5.41, 5.74) is 4.98. The normalized spacial score (nSPS) is 12.8. The van der Waals surface area contributed by atoms with Gasteiger partial charge in [0.2, 0.25) is 0 Å². The van der Waals surface area contributed by atoms with E-state index in [1.54, 1.807) is 12.5 Å². The molecule has 0 fully saturated rings. The summed E-state index contributed by atoms with van der Waals surface area (Å²) in [6.07, 6.45) is 7.20. The van der Waals surface area contributed by atoms with Crippen LogP contribution >= 0.6 is 0 Å². The Kier molecular flexibility index (Phi) is 3.45. The molecule has 5 aromatic rings. The molecule has 26 heavy (non-hydrogen) atoms. The van der Waals surface area contributed by atoms with Crippen LogP contribution in [0.15, 0.2) is 72.0 Å². The van der Waals surface area contributed by atoms with Gasteiger partial charge in [-0.3, -0.25) is 9.97 Å². The molecule has 3 aromatic heterocycles. The highest BCUT2D eigenvalue weighted by Gasteiger charge is 2.18. The molecule has 3 heterocycles. The molecule has 0 radical (unpaired) electrons. The first kappa shape index (κ1) is 15.4. The highest BCUT2D eigenvalue weighted by Crippen LogP contribution is 2.39. The lowest BCUT2D eigenvalue weighted by atomic mass is 9.97. The lowest BCUT2D eigenvalue weighted by Crippen LogP contribution is -2.00. The lowest BCUT2D eigenvalue weighted by molar-refractivity contribution is 0.601. The summed E-state index contributed by atoms with van der Waals surface area (Å²) >= 11 is -1.08. The number of nitrogens with zero attached hydrogens (tertiary/aromatic N) is 2. The van der Waals surface area contributed by atoms with Crippen LogP contribution in [0, 0.1) is 0 Å². The van der Waals surface area contributed by atoms with Crippen LogP contribution in [0.3, 0.4) is 0 Å². The number of benzene rings is 2. The zero-order valence-electron chi connectivity index (χ0n) is 14.1. The molecule has 4 nitrogen and oxygen atoms in total. The Bertz CT molecular complexity index is 1280. The molecule has 0 saturated carbocycles. The molecule has 1 atom stereocenters. The van der Waals surface area contributed by atoms with Crippen molar-refractivity contribution in [2.24, 2.45) is 0 Å². The summed E-state index contributed by atoms with van der Waals surface area (Å²) in [5.74, 6) is 0. The van der Waals surface area contributed by atoms with Gasteiger partial charge in [0.1, 0.15) is 6.26 Å². The average Bonchev–Trinajstić information content (AvgIpc) is 3.06. The Labute approximate surface area is 153 Å². The summed E-state index contributed by atoms with van der Waals surface area (Å²) in [6.45, 7) is 0. The van der Waals surface area contributed by atoms with Crippen LogP contribution in [-0.2, 0) is 11.2 Å². The summed E-state index contributed by atoms with van der Waals surface area (Å²) in [7, 11) is 0. The van der Waals surface area contributed by atoms with Gasteiger partial charge in [-0.15, -0.1) is 0 Å². The summed E-state index contributed by atoms with van der Waals surface area (Å²) in [6, 6.07) is 15.9. The van der Waals surface area contributed by atoms with Crippen molar-refractivity contribution in [2.75, 3.05) is 6.26 Å². The molecule has 0 aliphatic carbocycles. The number of aromatic nitrogens is 3. The molecular weight excluding hydrogens is 342 g/mol. The molecule has 0 saturated heterocycles. The Morgan fingerprint density at radius 2 is 1.81 bits per heavy atom. The van der Waals surface area contributed by atoms with Crippen molar-refractivity contribution in [1.82, 2.24) is 15.0 Å². The first-order chi connectivity index (χ1) is 12.7. The minimum Gasteiger partial charge on any atom is -0.612 e. The second kappa shape index (κ2) is 5.83. The quantitative estimate of drug-likeness (QED) is 0.467. The van der Waals surface area contributed by atoms with Gasteiger partial charge >= 0.3 is 0 Å². The maximum atomic E-state index is 12.3. The molecule has 1 N–H and O–H groups in total. The number of hydrogen-bond acceptors (Lipinski definition) is 3. The minimum atomic E-state index is -1.08. The van der Waals surface area contributed by atoms with E-state index in [2.05, 4.69) is 21.0 Å². The summed E-state index contributed by atoms with van der Waals surface area (Å²) in [5, 5.41) is 3.22. The highest BCUT2D eigenvalue weighted by molar-refractivity contribution is 7.90. The molecule has 0 amide bonds. The largest absolute Gasteiger partial charge is 0.612 e. The van der Waals surface area contributed by atoms with Gasteiger partial charge in [-0.05, 0) is 58.5 Å². The third-order valence-corrected chi connectivity index (χ3v) is 5.71. The van der Waals surface area contributed by atoms with Gasteiger partial charge < -0.3 is 9.54 Å². The molecule has 0 aliphatic heterocycles.